The molecule has 0 amide bonds. The van der Waals surface area contributed by atoms with E-state index in [2.05, 4.69) is 6.58 Å². The highest BCUT2D eigenvalue weighted by Crippen LogP contribution is 2.42. The Morgan fingerprint density at radius 2 is 1.78 bits per heavy atom. The van der Waals surface area contributed by atoms with Crippen LogP contribution in [-0.4, -0.2) is 11.1 Å². The van der Waals surface area contributed by atoms with Crippen LogP contribution in [0, 0.1) is 5.92 Å². The van der Waals surface area contributed by atoms with Crippen molar-refractivity contribution in [3.63, 3.8) is 0 Å². The van der Waals surface area contributed by atoms with E-state index in [9.17, 15) is 18.0 Å². The highest BCUT2D eigenvalue weighted by molar-refractivity contribution is 5.89. The molecule has 1 aliphatic carbocycles. The average molecular weight is 256 g/mol. The summed E-state index contributed by atoms with van der Waals surface area (Å²) in [5.74, 6) is -1.18. The largest absolute Gasteiger partial charge is 0.478 e. The molecule has 0 bridgehead atoms. The highest BCUT2D eigenvalue weighted by Gasteiger charge is 2.33. The van der Waals surface area contributed by atoms with Gasteiger partial charge in [0.25, 0.3) is 0 Å². The van der Waals surface area contributed by atoms with E-state index in [0.29, 0.717) is 11.6 Å². The Morgan fingerprint density at radius 1 is 1.22 bits per heavy atom. The number of carboxylic acids is 1. The molecule has 2 nitrogen and oxygen atoms in total. The molecule has 18 heavy (non-hydrogen) atoms. The summed E-state index contributed by atoms with van der Waals surface area (Å²) in [5.41, 5.74) is -0.450. The van der Waals surface area contributed by atoms with Crippen LogP contribution in [0.2, 0.25) is 0 Å². The number of alkyl halides is 3. The van der Waals surface area contributed by atoms with Gasteiger partial charge >= 0.3 is 12.1 Å². The summed E-state index contributed by atoms with van der Waals surface area (Å²) in [6, 6.07) is 2.86. The van der Waals surface area contributed by atoms with Crippen molar-refractivity contribution in [3.05, 3.63) is 41.5 Å². The van der Waals surface area contributed by atoms with E-state index >= 15 is 0 Å². The molecular formula is C13H11F3O2. The number of carbonyl (C=O) groups is 1. The number of hydrogen-bond donors (Lipinski definition) is 1. The van der Waals surface area contributed by atoms with Crippen molar-refractivity contribution in [2.45, 2.75) is 19.0 Å². The van der Waals surface area contributed by atoms with Gasteiger partial charge in [0.1, 0.15) is 0 Å². The number of halogens is 3. The average Bonchev–Trinajstić information content (AvgIpc) is 3.10. The molecule has 1 fully saturated rings. The summed E-state index contributed by atoms with van der Waals surface area (Å²) in [6.45, 7) is 3.75. The van der Waals surface area contributed by atoms with E-state index in [1.165, 1.54) is 6.07 Å². The fraction of sp³-hybridized carbons (Fsp3) is 0.308. The number of aromatic carboxylic acids is 1. The molecule has 5 heteroatoms. The Morgan fingerprint density at radius 3 is 2.22 bits per heavy atom. The van der Waals surface area contributed by atoms with Gasteiger partial charge in [0.15, 0.2) is 0 Å². The van der Waals surface area contributed by atoms with Gasteiger partial charge in [-0.05, 0) is 48.1 Å². The molecule has 0 heterocycles. The quantitative estimate of drug-likeness (QED) is 0.892. The zero-order valence-corrected chi connectivity index (χ0v) is 9.42. The molecule has 1 aromatic carbocycles. The molecular weight excluding hydrogens is 245 g/mol. The van der Waals surface area contributed by atoms with Crippen LogP contribution in [0.4, 0.5) is 13.2 Å². The Balaban J connectivity index is 2.49. The second kappa shape index (κ2) is 4.15. The van der Waals surface area contributed by atoms with Crippen LogP contribution >= 0.6 is 0 Å². The van der Waals surface area contributed by atoms with Crippen molar-refractivity contribution in [1.82, 2.24) is 0 Å². The van der Waals surface area contributed by atoms with Gasteiger partial charge in [-0.2, -0.15) is 13.2 Å². The van der Waals surface area contributed by atoms with E-state index in [4.69, 9.17) is 5.11 Å². The minimum Gasteiger partial charge on any atom is -0.478 e. The van der Waals surface area contributed by atoms with Crippen molar-refractivity contribution < 1.29 is 23.1 Å². The second-order valence-corrected chi connectivity index (χ2v) is 4.40. The third-order valence-corrected chi connectivity index (χ3v) is 2.95. The van der Waals surface area contributed by atoms with Crippen LogP contribution in [0.5, 0.6) is 0 Å². The lowest BCUT2D eigenvalue weighted by Crippen LogP contribution is -2.09. The van der Waals surface area contributed by atoms with Crippen LogP contribution in [0.25, 0.3) is 5.57 Å². The molecule has 1 N–H and O–H groups in total. The number of carboxylic acid groups (broad SMARTS) is 1. The normalized spacial score (nSPS) is 15.5. The number of rotatable bonds is 3. The van der Waals surface area contributed by atoms with Gasteiger partial charge in [-0.15, -0.1) is 0 Å². The zero-order valence-electron chi connectivity index (χ0n) is 9.42. The Hall–Kier alpha value is -1.78. The molecule has 0 aliphatic heterocycles. The summed E-state index contributed by atoms with van der Waals surface area (Å²) in [4.78, 5) is 10.8. The van der Waals surface area contributed by atoms with Crippen LogP contribution in [-0.2, 0) is 6.18 Å². The van der Waals surface area contributed by atoms with E-state index in [-0.39, 0.29) is 17.0 Å². The maximum Gasteiger partial charge on any atom is 0.416 e. The lowest BCUT2D eigenvalue weighted by atomic mass is 9.98. The monoisotopic (exact) mass is 256 g/mol. The number of benzene rings is 1. The predicted octanol–water partition coefficient (Wildman–Crippen LogP) is 3.83. The van der Waals surface area contributed by atoms with Gasteiger partial charge < -0.3 is 5.11 Å². The third-order valence-electron chi connectivity index (χ3n) is 2.95. The minimum atomic E-state index is -4.55. The molecule has 2 rings (SSSR count). The van der Waals surface area contributed by atoms with Gasteiger partial charge in [-0.25, -0.2) is 4.79 Å². The summed E-state index contributed by atoms with van der Waals surface area (Å²) in [5, 5.41) is 8.84. The SMILES string of the molecule is C=C(c1cc(C(=O)O)cc(C(F)(F)F)c1)C1CC1. The number of allylic oxidation sites excluding steroid dienone is 1. The van der Waals surface area contributed by atoms with Crippen LogP contribution in [0.3, 0.4) is 0 Å². The maximum atomic E-state index is 12.7. The zero-order chi connectivity index (χ0) is 13.5. The maximum absolute atomic E-state index is 12.7. The lowest BCUT2D eigenvalue weighted by molar-refractivity contribution is -0.137. The van der Waals surface area contributed by atoms with Gasteiger partial charge in [-0.3, -0.25) is 0 Å². The van der Waals surface area contributed by atoms with Gasteiger partial charge in [0.05, 0.1) is 11.1 Å². The fourth-order valence-corrected chi connectivity index (χ4v) is 1.77. The summed E-state index contributed by atoms with van der Waals surface area (Å²) >= 11 is 0. The molecule has 0 unspecified atom stereocenters. The lowest BCUT2D eigenvalue weighted by Gasteiger charge is -2.12. The molecule has 1 aromatic rings. The smallest absolute Gasteiger partial charge is 0.416 e. The predicted molar refractivity (Wildman–Crippen MR) is 60.2 cm³/mol. The van der Waals surface area contributed by atoms with Crippen molar-refractivity contribution in [2.24, 2.45) is 5.92 Å². The van der Waals surface area contributed by atoms with Crippen LogP contribution < -0.4 is 0 Å². The Kier molecular flexibility index (Phi) is 2.92. The molecule has 1 saturated carbocycles. The number of hydrogen-bond acceptors (Lipinski definition) is 1. The van der Waals surface area contributed by atoms with E-state index < -0.39 is 17.7 Å². The van der Waals surface area contributed by atoms with E-state index in [1.807, 2.05) is 0 Å². The van der Waals surface area contributed by atoms with E-state index in [1.54, 1.807) is 0 Å². The first-order valence-corrected chi connectivity index (χ1v) is 5.44. The van der Waals surface area contributed by atoms with Crippen molar-refractivity contribution in [2.75, 3.05) is 0 Å². The van der Waals surface area contributed by atoms with Crippen molar-refractivity contribution in [3.8, 4) is 0 Å². The van der Waals surface area contributed by atoms with Gasteiger partial charge in [0.2, 0.25) is 0 Å². The minimum absolute atomic E-state index is 0.190. The molecule has 0 spiro atoms. The molecule has 96 valence electrons. The molecule has 1 aliphatic rings. The first-order valence-electron chi connectivity index (χ1n) is 5.44. The second-order valence-electron chi connectivity index (χ2n) is 4.40. The van der Waals surface area contributed by atoms with E-state index in [0.717, 1.165) is 18.9 Å². The standard InChI is InChI=1S/C13H11F3O2/c1-7(8-2-3-8)9-4-10(12(17)18)6-11(5-9)13(14,15)16/h4-6,8H,1-3H2,(H,17,18). The van der Waals surface area contributed by atoms with Gasteiger partial charge in [-0.1, -0.05) is 6.58 Å². The fourth-order valence-electron chi connectivity index (χ4n) is 1.77. The third kappa shape index (κ3) is 2.55. The Labute approximate surface area is 102 Å². The highest BCUT2D eigenvalue weighted by atomic mass is 19.4. The van der Waals surface area contributed by atoms with Gasteiger partial charge in [0, 0.05) is 0 Å². The molecule has 0 atom stereocenters. The topological polar surface area (TPSA) is 37.3 Å². The molecule has 0 radical (unpaired) electrons. The summed E-state index contributed by atoms with van der Waals surface area (Å²) in [7, 11) is 0. The van der Waals surface area contributed by atoms with Crippen LogP contribution in [0.15, 0.2) is 24.8 Å². The van der Waals surface area contributed by atoms with Crippen LogP contribution in [0.1, 0.15) is 34.3 Å². The summed E-state index contributed by atoms with van der Waals surface area (Å²) < 4.78 is 38.0. The summed E-state index contributed by atoms with van der Waals surface area (Å²) in [6.07, 6.45) is -2.75. The first-order chi connectivity index (χ1) is 8.29. The van der Waals surface area contributed by atoms with Crippen molar-refractivity contribution >= 4 is 11.5 Å². The molecule has 0 aromatic heterocycles. The van der Waals surface area contributed by atoms with Crippen molar-refractivity contribution in [1.29, 1.82) is 0 Å². The molecule has 0 saturated heterocycles. The Bertz CT molecular complexity index is 513. The first kappa shape index (κ1) is 12.7.